The smallest absolute Gasteiger partial charge is 0.321 e. The normalized spacial score (nSPS) is 11.8. The third-order valence-electron chi connectivity index (χ3n) is 3.98. The summed E-state index contributed by atoms with van der Waals surface area (Å²) in [7, 11) is 3.91. The van der Waals surface area contributed by atoms with Crippen LogP contribution in [0.15, 0.2) is 54.6 Å². The predicted molar refractivity (Wildman–Crippen MR) is 109 cm³/mol. The topological polar surface area (TPSA) is 90.9 Å². The molecule has 0 bridgehead atoms. The molecule has 7 nitrogen and oxygen atoms in total. The third kappa shape index (κ3) is 7.77. The van der Waals surface area contributed by atoms with Gasteiger partial charge in [-0.15, -0.1) is 0 Å². The maximum Gasteiger partial charge on any atom is 0.321 e. The molecule has 0 saturated carbocycles. The van der Waals surface area contributed by atoms with Crippen molar-refractivity contribution >= 4 is 17.6 Å². The molecule has 0 aromatic heterocycles. The number of benzene rings is 2. The number of amides is 1. The molecule has 0 saturated heterocycles. The summed E-state index contributed by atoms with van der Waals surface area (Å²) in [6, 6.07) is 15.4. The van der Waals surface area contributed by atoms with Gasteiger partial charge in [0.1, 0.15) is 17.5 Å². The van der Waals surface area contributed by atoms with Gasteiger partial charge in [0.15, 0.2) is 0 Å². The van der Waals surface area contributed by atoms with E-state index in [0.717, 1.165) is 18.7 Å². The fourth-order valence-corrected chi connectivity index (χ4v) is 2.55. The van der Waals surface area contributed by atoms with Crippen molar-refractivity contribution in [2.75, 3.05) is 32.5 Å². The zero-order valence-corrected chi connectivity index (χ0v) is 16.2. The van der Waals surface area contributed by atoms with E-state index in [1.807, 2.05) is 49.3 Å². The van der Waals surface area contributed by atoms with Crippen molar-refractivity contribution in [3.63, 3.8) is 0 Å². The van der Waals surface area contributed by atoms with Crippen LogP contribution in [0.4, 0.5) is 5.69 Å². The molecule has 1 amide bonds. The van der Waals surface area contributed by atoms with Crippen LogP contribution >= 0.6 is 0 Å². The molecular formula is C21H27N3O4. The number of carboxylic acid groups (broad SMARTS) is 1. The molecule has 2 aromatic carbocycles. The first-order valence-electron chi connectivity index (χ1n) is 9.18. The van der Waals surface area contributed by atoms with Crippen LogP contribution < -0.4 is 15.4 Å². The van der Waals surface area contributed by atoms with E-state index in [9.17, 15) is 14.7 Å². The van der Waals surface area contributed by atoms with E-state index in [-0.39, 0.29) is 12.3 Å². The number of carbonyl (C=O) groups excluding carboxylic acids is 1. The van der Waals surface area contributed by atoms with Gasteiger partial charge in [0.05, 0.1) is 6.42 Å². The van der Waals surface area contributed by atoms with E-state index in [0.29, 0.717) is 18.0 Å². The number of ether oxygens (including phenoxy) is 1. The fraction of sp³-hybridized carbons (Fsp3) is 0.333. The van der Waals surface area contributed by atoms with Crippen LogP contribution in [0, 0.1) is 0 Å². The van der Waals surface area contributed by atoms with Crippen LogP contribution in [-0.2, 0) is 9.59 Å². The summed E-state index contributed by atoms with van der Waals surface area (Å²) in [5, 5.41) is 14.9. The monoisotopic (exact) mass is 385 g/mol. The summed E-state index contributed by atoms with van der Waals surface area (Å²) >= 11 is 0. The molecule has 0 aliphatic carbocycles. The van der Waals surface area contributed by atoms with Gasteiger partial charge in [-0.3, -0.25) is 9.59 Å². The molecule has 0 fully saturated rings. The molecule has 0 spiro atoms. The van der Waals surface area contributed by atoms with Crippen molar-refractivity contribution < 1.29 is 19.4 Å². The number of rotatable bonds is 11. The Morgan fingerprint density at radius 1 is 1.04 bits per heavy atom. The molecule has 28 heavy (non-hydrogen) atoms. The summed E-state index contributed by atoms with van der Waals surface area (Å²) in [5.74, 6) is -0.0186. The zero-order valence-electron chi connectivity index (χ0n) is 16.2. The van der Waals surface area contributed by atoms with Crippen molar-refractivity contribution in [2.24, 2.45) is 0 Å². The van der Waals surface area contributed by atoms with E-state index < -0.39 is 12.0 Å². The summed E-state index contributed by atoms with van der Waals surface area (Å²) in [6.45, 7) is 1.39. The number of para-hydroxylation sites is 1. The van der Waals surface area contributed by atoms with E-state index >= 15 is 0 Å². The minimum atomic E-state index is -1.04. The lowest BCUT2D eigenvalue weighted by atomic mass is 10.2. The Hall–Kier alpha value is -2.90. The Labute approximate surface area is 165 Å². The van der Waals surface area contributed by atoms with Crippen LogP contribution in [-0.4, -0.2) is 55.1 Å². The van der Waals surface area contributed by atoms with Crippen LogP contribution in [0.1, 0.15) is 12.8 Å². The molecule has 0 aliphatic heterocycles. The van der Waals surface area contributed by atoms with Gasteiger partial charge in [0, 0.05) is 5.69 Å². The van der Waals surface area contributed by atoms with Crippen molar-refractivity contribution in [1.82, 2.24) is 10.2 Å². The van der Waals surface area contributed by atoms with E-state index in [1.54, 1.807) is 24.3 Å². The second-order valence-electron chi connectivity index (χ2n) is 6.69. The van der Waals surface area contributed by atoms with Gasteiger partial charge in [0.25, 0.3) is 0 Å². The average molecular weight is 385 g/mol. The Bertz CT molecular complexity index is 748. The highest BCUT2D eigenvalue weighted by atomic mass is 16.5. The molecule has 3 N–H and O–H groups in total. The van der Waals surface area contributed by atoms with Gasteiger partial charge < -0.3 is 25.4 Å². The lowest BCUT2D eigenvalue weighted by Gasteiger charge is -2.15. The van der Waals surface area contributed by atoms with Gasteiger partial charge in [-0.2, -0.15) is 0 Å². The molecule has 2 aromatic rings. The number of nitrogens with zero attached hydrogens (tertiary/aromatic N) is 1. The summed E-state index contributed by atoms with van der Waals surface area (Å²) in [4.78, 5) is 25.6. The second kappa shape index (κ2) is 11.1. The molecule has 150 valence electrons. The molecular weight excluding hydrogens is 358 g/mol. The van der Waals surface area contributed by atoms with Crippen molar-refractivity contribution in [1.29, 1.82) is 0 Å². The average Bonchev–Trinajstić information content (AvgIpc) is 2.66. The van der Waals surface area contributed by atoms with Crippen molar-refractivity contribution in [2.45, 2.75) is 18.9 Å². The molecule has 0 radical (unpaired) electrons. The Morgan fingerprint density at radius 2 is 1.68 bits per heavy atom. The third-order valence-corrected chi connectivity index (χ3v) is 3.98. The molecule has 2 rings (SSSR count). The first-order valence-corrected chi connectivity index (χ1v) is 9.18. The number of carboxylic acids is 1. The number of carbonyl (C=O) groups is 2. The minimum absolute atomic E-state index is 0.139. The fourth-order valence-electron chi connectivity index (χ4n) is 2.55. The van der Waals surface area contributed by atoms with Gasteiger partial charge >= 0.3 is 5.97 Å². The largest absolute Gasteiger partial charge is 0.480 e. The Morgan fingerprint density at radius 3 is 2.29 bits per heavy atom. The van der Waals surface area contributed by atoms with Crippen LogP contribution in [0.2, 0.25) is 0 Å². The summed E-state index contributed by atoms with van der Waals surface area (Å²) < 4.78 is 5.70. The van der Waals surface area contributed by atoms with Crippen LogP contribution in [0.25, 0.3) is 0 Å². The first kappa shape index (κ1) is 21.4. The highest BCUT2D eigenvalue weighted by Gasteiger charge is 2.20. The number of hydrogen-bond acceptors (Lipinski definition) is 5. The van der Waals surface area contributed by atoms with Gasteiger partial charge in [0.2, 0.25) is 5.91 Å². The molecule has 1 atom stereocenters. The maximum atomic E-state index is 12.2. The highest BCUT2D eigenvalue weighted by Crippen LogP contribution is 2.22. The Kier molecular flexibility index (Phi) is 8.45. The maximum absolute atomic E-state index is 12.2. The summed E-state index contributed by atoms with van der Waals surface area (Å²) in [6.07, 6.45) is 0.667. The van der Waals surface area contributed by atoms with Crippen LogP contribution in [0.5, 0.6) is 11.5 Å². The van der Waals surface area contributed by atoms with E-state index in [1.165, 1.54) is 0 Å². The van der Waals surface area contributed by atoms with Gasteiger partial charge in [-0.05, 0) is 70.0 Å². The predicted octanol–water partition coefficient (Wildman–Crippen LogP) is 2.80. The molecule has 7 heteroatoms. The van der Waals surface area contributed by atoms with Crippen molar-refractivity contribution in [3.05, 3.63) is 54.6 Å². The second-order valence-corrected chi connectivity index (χ2v) is 6.69. The van der Waals surface area contributed by atoms with Gasteiger partial charge in [-0.25, -0.2) is 0 Å². The minimum Gasteiger partial charge on any atom is -0.480 e. The zero-order chi connectivity index (χ0) is 20.4. The van der Waals surface area contributed by atoms with E-state index in [4.69, 9.17) is 4.74 Å². The number of hydrogen-bond donors (Lipinski definition) is 3. The number of aliphatic carboxylic acids is 1. The number of anilines is 1. The Balaban J connectivity index is 1.82. The van der Waals surface area contributed by atoms with Crippen molar-refractivity contribution in [3.8, 4) is 11.5 Å². The summed E-state index contributed by atoms with van der Waals surface area (Å²) in [5.41, 5.74) is 0.585. The van der Waals surface area contributed by atoms with Crippen LogP contribution in [0.3, 0.4) is 0 Å². The van der Waals surface area contributed by atoms with E-state index in [2.05, 4.69) is 10.6 Å². The standard InChI is InChI=1S/C21H27N3O4/c1-24(2)14-6-13-22-19(21(26)27)15-20(25)23-16-9-11-18(12-10-16)28-17-7-4-3-5-8-17/h3-5,7-12,19,22H,6,13-15H2,1-2H3,(H,23,25)(H,26,27)/t19-/m0/s1. The molecule has 0 heterocycles. The highest BCUT2D eigenvalue weighted by molar-refractivity contribution is 5.94. The first-order chi connectivity index (χ1) is 13.4. The SMILES string of the molecule is CN(C)CCCN[C@@H](CC(=O)Nc1ccc(Oc2ccccc2)cc1)C(=O)O. The molecule has 0 unspecified atom stereocenters. The van der Waals surface area contributed by atoms with Gasteiger partial charge in [-0.1, -0.05) is 18.2 Å². The molecule has 0 aliphatic rings. The quantitative estimate of drug-likeness (QED) is 0.515. The lowest BCUT2D eigenvalue weighted by Crippen LogP contribution is -2.40. The number of nitrogens with one attached hydrogen (secondary N) is 2. The lowest BCUT2D eigenvalue weighted by molar-refractivity contribution is -0.141.